The van der Waals surface area contributed by atoms with E-state index in [0.29, 0.717) is 19.3 Å². The zero-order valence-corrected chi connectivity index (χ0v) is 35.3. The lowest BCUT2D eigenvalue weighted by Crippen LogP contribution is -2.30. The first-order chi connectivity index (χ1) is 25.4. The molecule has 0 aromatic carbocycles. The monoisotopic (exact) mass is 737 g/mol. The second-order valence-corrected chi connectivity index (χ2v) is 15.9. The molecule has 0 aliphatic rings. The Bertz CT molecular complexity index is 783. The lowest BCUT2D eigenvalue weighted by Gasteiger charge is -2.18. The predicted molar refractivity (Wildman–Crippen MR) is 220 cm³/mol. The van der Waals surface area contributed by atoms with Crippen LogP contribution in [0.15, 0.2) is 0 Å². The van der Waals surface area contributed by atoms with Crippen LogP contribution in [0.5, 0.6) is 0 Å². The molecule has 2 atom stereocenters. The highest BCUT2D eigenvalue weighted by Crippen LogP contribution is 2.17. The van der Waals surface area contributed by atoms with E-state index in [0.717, 1.165) is 63.7 Å². The molecule has 0 rings (SSSR count). The Morgan fingerprint density at radius 1 is 0.385 bits per heavy atom. The van der Waals surface area contributed by atoms with Crippen molar-refractivity contribution >= 4 is 17.9 Å². The molecular weight excluding hydrogens is 648 g/mol. The maximum Gasteiger partial charge on any atom is 0.306 e. The molecule has 0 N–H and O–H groups in total. The van der Waals surface area contributed by atoms with Gasteiger partial charge in [-0.2, -0.15) is 0 Å². The van der Waals surface area contributed by atoms with Gasteiger partial charge < -0.3 is 14.2 Å². The van der Waals surface area contributed by atoms with E-state index >= 15 is 0 Å². The normalized spacial score (nSPS) is 12.5. The molecular formula is C46H88O6. The summed E-state index contributed by atoms with van der Waals surface area (Å²) in [6, 6.07) is 0. The van der Waals surface area contributed by atoms with Gasteiger partial charge in [-0.1, -0.05) is 214 Å². The Kier molecular flexibility index (Phi) is 39.4. The second-order valence-electron chi connectivity index (χ2n) is 15.9. The van der Waals surface area contributed by atoms with E-state index in [9.17, 15) is 14.4 Å². The summed E-state index contributed by atoms with van der Waals surface area (Å²) in [4.78, 5) is 37.6. The Balaban J connectivity index is 4.32. The van der Waals surface area contributed by atoms with Crippen LogP contribution < -0.4 is 0 Å². The Morgan fingerprint density at radius 3 is 1.00 bits per heavy atom. The van der Waals surface area contributed by atoms with E-state index in [-0.39, 0.29) is 31.1 Å². The molecule has 0 aromatic rings. The second kappa shape index (κ2) is 40.6. The fourth-order valence-corrected chi connectivity index (χ4v) is 6.77. The molecule has 0 amide bonds. The van der Waals surface area contributed by atoms with Gasteiger partial charge in [-0.3, -0.25) is 14.4 Å². The molecule has 0 bridgehead atoms. The highest BCUT2D eigenvalue weighted by Gasteiger charge is 2.19. The lowest BCUT2D eigenvalue weighted by molar-refractivity contribution is -0.167. The van der Waals surface area contributed by atoms with E-state index in [2.05, 4.69) is 27.7 Å². The van der Waals surface area contributed by atoms with Crippen LogP contribution in [0.4, 0.5) is 0 Å². The average molecular weight is 737 g/mol. The molecule has 0 spiro atoms. The molecule has 0 heterocycles. The summed E-state index contributed by atoms with van der Waals surface area (Å²) in [6.07, 6.45) is 39.3. The molecule has 6 heteroatoms. The number of ether oxygens (including phenoxy) is 3. The van der Waals surface area contributed by atoms with Crippen LogP contribution in [0.25, 0.3) is 0 Å². The van der Waals surface area contributed by atoms with Crippen molar-refractivity contribution in [2.45, 2.75) is 259 Å². The van der Waals surface area contributed by atoms with Crippen LogP contribution in [0, 0.1) is 5.92 Å². The molecule has 6 nitrogen and oxygen atoms in total. The molecule has 0 aliphatic heterocycles. The first-order valence-electron chi connectivity index (χ1n) is 22.9. The summed E-state index contributed by atoms with van der Waals surface area (Å²) in [5, 5.41) is 0. The summed E-state index contributed by atoms with van der Waals surface area (Å²) in [7, 11) is 0. The third-order valence-corrected chi connectivity index (χ3v) is 10.7. The van der Waals surface area contributed by atoms with E-state index in [1.165, 1.54) is 148 Å². The van der Waals surface area contributed by atoms with Gasteiger partial charge in [0.05, 0.1) is 0 Å². The van der Waals surface area contributed by atoms with Gasteiger partial charge in [0.25, 0.3) is 0 Å². The molecule has 308 valence electrons. The number of esters is 3. The molecule has 0 saturated carbocycles. The summed E-state index contributed by atoms with van der Waals surface area (Å²) >= 11 is 0. The highest BCUT2D eigenvalue weighted by molar-refractivity contribution is 5.71. The number of unbranched alkanes of at least 4 members (excludes halogenated alkanes) is 27. The van der Waals surface area contributed by atoms with Gasteiger partial charge in [0.2, 0.25) is 0 Å². The SMILES string of the molecule is CCCCCCCCCCCCCC(=O)OC[C@H](COC(=O)CCCCCCCCCCC)OC(=O)CCCCCCCCCCCCC(C)CC. The van der Waals surface area contributed by atoms with Crippen molar-refractivity contribution in [2.75, 3.05) is 13.2 Å². The smallest absolute Gasteiger partial charge is 0.306 e. The molecule has 0 radical (unpaired) electrons. The Morgan fingerprint density at radius 2 is 0.673 bits per heavy atom. The van der Waals surface area contributed by atoms with Gasteiger partial charge in [-0.25, -0.2) is 0 Å². The number of carbonyl (C=O) groups excluding carboxylic acids is 3. The van der Waals surface area contributed by atoms with Gasteiger partial charge in [0.1, 0.15) is 13.2 Å². The highest BCUT2D eigenvalue weighted by atomic mass is 16.6. The van der Waals surface area contributed by atoms with Crippen LogP contribution in [-0.2, 0) is 28.6 Å². The van der Waals surface area contributed by atoms with E-state index in [4.69, 9.17) is 14.2 Å². The van der Waals surface area contributed by atoms with Crippen molar-refractivity contribution < 1.29 is 28.6 Å². The van der Waals surface area contributed by atoms with Crippen molar-refractivity contribution in [1.29, 1.82) is 0 Å². The topological polar surface area (TPSA) is 78.9 Å². The summed E-state index contributed by atoms with van der Waals surface area (Å²) in [6.45, 7) is 9.00. The van der Waals surface area contributed by atoms with Gasteiger partial charge >= 0.3 is 17.9 Å². The average Bonchev–Trinajstić information content (AvgIpc) is 3.14. The standard InChI is InChI=1S/C46H88O6/c1-5-8-10-12-14-16-17-22-26-30-34-38-45(48)51-41-43(40-50-44(47)37-33-29-25-20-15-13-11-9-6-2)52-46(49)39-35-31-27-23-19-18-21-24-28-32-36-42(4)7-3/h42-43H,5-41H2,1-4H3/t42?,43-/m0/s1. The maximum absolute atomic E-state index is 12.7. The quantitative estimate of drug-likeness (QED) is 0.0353. The lowest BCUT2D eigenvalue weighted by atomic mass is 9.99. The minimum absolute atomic E-state index is 0.0639. The van der Waals surface area contributed by atoms with E-state index in [1.807, 2.05) is 0 Å². The fourth-order valence-electron chi connectivity index (χ4n) is 6.77. The molecule has 0 saturated heterocycles. The number of rotatable bonds is 41. The number of hydrogen-bond acceptors (Lipinski definition) is 6. The molecule has 0 fully saturated rings. The van der Waals surface area contributed by atoms with Crippen LogP contribution in [-0.4, -0.2) is 37.2 Å². The van der Waals surface area contributed by atoms with Crippen LogP contribution >= 0.6 is 0 Å². The summed E-state index contributed by atoms with van der Waals surface area (Å²) in [5.41, 5.74) is 0. The zero-order valence-electron chi connectivity index (χ0n) is 35.3. The number of carbonyl (C=O) groups is 3. The maximum atomic E-state index is 12.7. The first kappa shape index (κ1) is 50.4. The molecule has 52 heavy (non-hydrogen) atoms. The molecule has 0 aliphatic carbocycles. The van der Waals surface area contributed by atoms with Crippen LogP contribution in [0.2, 0.25) is 0 Å². The Labute approximate surface area is 323 Å². The third-order valence-electron chi connectivity index (χ3n) is 10.7. The largest absolute Gasteiger partial charge is 0.462 e. The minimum atomic E-state index is -0.758. The van der Waals surface area contributed by atoms with Crippen molar-refractivity contribution in [3.63, 3.8) is 0 Å². The summed E-state index contributed by atoms with van der Waals surface area (Å²) < 4.78 is 16.7. The summed E-state index contributed by atoms with van der Waals surface area (Å²) in [5.74, 6) is 0.0108. The van der Waals surface area contributed by atoms with Crippen molar-refractivity contribution in [1.82, 2.24) is 0 Å². The van der Waals surface area contributed by atoms with Gasteiger partial charge in [-0.05, 0) is 25.2 Å². The molecule has 1 unspecified atom stereocenters. The van der Waals surface area contributed by atoms with E-state index in [1.54, 1.807) is 0 Å². The van der Waals surface area contributed by atoms with Gasteiger partial charge in [-0.15, -0.1) is 0 Å². The first-order valence-corrected chi connectivity index (χ1v) is 22.9. The number of hydrogen-bond donors (Lipinski definition) is 0. The van der Waals surface area contributed by atoms with Crippen molar-refractivity contribution in [3.05, 3.63) is 0 Å². The van der Waals surface area contributed by atoms with Crippen molar-refractivity contribution in [3.8, 4) is 0 Å². The van der Waals surface area contributed by atoms with Crippen LogP contribution in [0.1, 0.15) is 252 Å². The van der Waals surface area contributed by atoms with Crippen molar-refractivity contribution in [2.24, 2.45) is 5.92 Å². The molecule has 0 aromatic heterocycles. The van der Waals surface area contributed by atoms with E-state index < -0.39 is 6.10 Å². The Hall–Kier alpha value is -1.59. The third kappa shape index (κ3) is 38.1. The zero-order chi connectivity index (χ0) is 38.2. The van der Waals surface area contributed by atoms with Gasteiger partial charge in [0.15, 0.2) is 6.10 Å². The van der Waals surface area contributed by atoms with Crippen LogP contribution in [0.3, 0.4) is 0 Å². The minimum Gasteiger partial charge on any atom is -0.462 e. The fraction of sp³-hybridized carbons (Fsp3) is 0.935. The predicted octanol–water partition coefficient (Wildman–Crippen LogP) is 14.3. The van der Waals surface area contributed by atoms with Gasteiger partial charge in [0, 0.05) is 19.3 Å².